The second-order valence-electron chi connectivity index (χ2n) is 5.26. The van der Waals surface area contributed by atoms with E-state index < -0.39 is 24.3 Å². The van der Waals surface area contributed by atoms with Gasteiger partial charge in [-0.3, -0.25) is 4.90 Å². The number of amides is 1. The van der Waals surface area contributed by atoms with Crippen LogP contribution < -0.4 is 0 Å². The molecule has 5 nitrogen and oxygen atoms in total. The molecule has 1 N–H and O–H groups in total. The summed E-state index contributed by atoms with van der Waals surface area (Å²) in [5.74, 6) is 5.48. The molecule has 0 aromatic carbocycles. The third-order valence-corrected chi connectivity index (χ3v) is 3.71. The topological polar surface area (TPSA) is 53.0 Å². The van der Waals surface area contributed by atoms with Crippen molar-refractivity contribution in [2.45, 2.75) is 31.5 Å². The Morgan fingerprint density at radius 2 is 2.00 bits per heavy atom. The van der Waals surface area contributed by atoms with Gasteiger partial charge in [0.25, 0.3) is 0 Å². The summed E-state index contributed by atoms with van der Waals surface area (Å²) in [5, 5.41) is 8.90. The van der Waals surface area contributed by atoms with Crippen LogP contribution in [0.5, 0.6) is 0 Å². The van der Waals surface area contributed by atoms with E-state index in [1.165, 1.54) is 4.90 Å². The smallest absolute Gasteiger partial charge is 0.407 e. The summed E-state index contributed by atoms with van der Waals surface area (Å²) in [6.45, 7) is 2.29. The van der Waals surface area contributed by atoms with Crippen LogP contribution in [0.25, 0.3) is 0 Å². The highest BCUT2D eigenvalue weighted by Gasteiger charge is 2.51. The molecule has 0 atom stereocenters. The van der Waals surface area contributed by atoms with Crippen LogP contribution in [0, 0.1) is 11.8 Å². The van der Waals surface area contributed by atoms with Gasteiger partial charge < -0.3 is 14.7 Å². The molecule has 2 heterocycles. The quantitative estimate of drug-likeness (QED) is 0.742. The van der Waals surface area contributed by atoms with Crippen LogP contribution in [0.15, 0.2) is 0 Å². The lowest BCUT2D eigenvalue weighted by Crippen LogP contribution is -2.62. The van der Waals surface area contributed by atoms with E-state index in [0.717, 1.165) is 0 Å². The van der Waals surface area contributed by atoms with Crippen molar-refractivity contribution in [3.05, 3.63) is 0 Å². The zero-order valence-corrected chi connectivity index (χ0v) is 11.4. The second-order valence-corrected chi connectivity index (χ2v) is 5.26. The van der Waals surface area contributed by atoms with Gasteiger partial charge in [-0.2, -0.15) is 8.78 Å². The molecule has 1 amide bonds. The number of carbonyl (C=O) groups is 1. The van der Waals surface area contributed by atoms with E-state index in [2.05, 4.69) is 11.8 Å². The first-order valence-electron chi connectivity index (χ1n) is 6.54. The van der Waals surface area contributed by atoms with Crippen LogP contribution >= 0.6 is 0 Å². The molecule has 0 aliphatic carbocycles. The van der Waals surface area contributed by atoms with Crippen LogP contribution in [-0.2, 0) is 4.74 Å². The van der Waals surface area contributed by atoms with Crippen molar-refractivity contribution in [2.24, 2.45) is 0 Å². The standard InChI is InChI=1S/C13H18F2N2O3/c1-2-3-6-16-9-12(20-13(14,15)10-16)4-7-17(8-5-12)11(18)19/h4-10H2,1H3,(H,18,19). The average Bonchev–Trinajstić information content (AvgIpc) is 2.34. The Balaban J connectivity index is 2.06. The molecule has 2 saturated heterocycles. The van der Waals surface area contributed by atoms with Crippen LogP contribution in [-0.4, -0.2) is 65.4 Å². The molecule has 2 aliphatic heterocycles. The zero-order valence-electron chi connectivity index (χ0n) is 11.4. The molecule has 7 heteroatoms. The fourth-order valence-electron chi connectivity index (χ4n) is 2.77. The molecule has 0 saturated carbocycles. The Morgan fingerprint density at radius 1 is 1.35 bits per heavy atom. The van der Waals surface area contributed by atoms with Crippen molar-refractivity contribution < 1.29 is 23.4 Å². The average molecular weight is 288 g/mol. The predicted octanol–water partition coefficient (Wildman–Crippen LogP) is 1.45. The third-order valence-electron chi connectivity index (χ3n) is 3.71. The molecular formula is C13H18F2N2O3. The van der Waals surface area contributed by atoms with E-state index in [0.29, 0.717) is 6.54 Å². The summed E-state index contributed by atoms with van der Waals surface area (Å²) >= 11 is 0. The number of likely N-dealkylation sites (tertiary alicyclic amines) is 1. The molecule has 2 fully saturated rings. The van der Waals surface area contributed by atoms with Gasteiger partial charge in [0.05, 0.1) is 18.7 Å². The molecule has 0 aromatic heterocycles. The monoisotopic (exact) mass is 288 g/mol. The molecule has 2 rings (SSSR count). The minimum absolute atomic E-state index is 0.221. The third kappa shape index (κ3) is 3.38. The summed E-state index contributed by atoms with van der Waals surface area (Å²) in [4.78, 5) is 13.7. The first-order chi connectivity index (χ1) is 9.36. The van der Waals surface area contributed by atoms with Crippen molar-refractivity contribution >= 4 is 6.09 Å². The Kier molecular flexibility index (Phi) is 4.16. The van der Waals surface area contributed by atoms with Gasteiger partial charge in [-0.05, 0) is 19.8 Å². The van der Waals surface area contributed by atoms with Gasteiger partial charge in [0.15, 0.2) is 0 Å². The number of hydrogen-bond acceptors (Lipinski definition) is 3. The van der Waals surface area contributed by atoms with Gasteiger partial charge >= 0.3 is 12.2 Å². The van der Waals surface area contributed by atoms with E-state index in [9.17, 15) is 13.6 Å². The van der Waals surface area contributed by atoms with Gasteiger partial charge in [0, 0.05) is 19.6 Å². The fourth-order valence-corrected chi connectivity index (χ4v) is 2.77. The molecule has 0 aromatic rings. The highest BCUT2D eigenvalue weighted by atomic mass is 19.3. The molecule has 2 aliphatic rings. The minimum Gasteiger partial charge on any atom is -0.465 e. The largest absolute Gasteiger partial charge is 0.465 e. The Labute approximate surface area is 116 Å². The number of nitrogens with zero attached hydrogens (tertiary/aromatic N) is 2. The Hall–Kier alpha value is -1.39. The zero-order chi connectivity index (χ0) is 14.8. The summed E-state index contributed by atoms with van der Waals surface area (Å²) < 4.78 is 32.4. The van der Waals surface area contributed by atoms with Gasteiger partial charge in [-0.25, -0.2) is 4.79 Å². The first kappa shape index (κ1) is 15.0. The SMILES string of the molecule is CC#CCN1CC(F)(F)OC2(CCN(C(=O)O)CC2)C1. The summed E-state index contributed by atoms with van der Waals surface area (Å²) in [7, 11) is 0. The van der Waals surface area contributed by atoms with Crippen LogP contribution in [0.4, 0.5) is 13.6 Å². The Bertz CT molecular complexity index is 437. The molecule has 0 unspecified atom stereocenters. The van der Waals surface area contributed by atoms with Crippen molar-refractivity contribution in [2.75, 3.05) is 32.7 Å². The molecule has 1 spiro atoms. The summed E-state index contributed by atoms with van der Waals surface area (Å²) in [6.07, 6.45) is -3.66. The number of ether oxygens (including phenoxy) is 1. The normalized spacial score (nSPS) is 25.1. The second kappa shape index (κ2) is 5.54. The highest BCUT2D eigenvalue weighted by molar-refractivity contribution is 5.65. The van der Waals surface area contributed by atoms with Crippen LogP contribution in [0.3, 0.4) is 0 Å². The number of alkyl halides is 2. The minimum atomic E-state index is -3.21. The number of hydrogen-bond donors (Lipinski definition) is 1. The Morgan fingerprint density at radius 3 is 2.55 bits per heavy atom. The molecular weight excluding hydrogens is 270 g/mol. The van der Waals surface area contributed by atoms with E-state index in [-0.39, 0.29) is 32.5 Å². The van der Waals surface area contributed by atoms with Gasteiger partial charge in [0.2, 0.25) is 0 Å². The van der Waals surface area contributed by atoms with E-state index in [1.54, 1.807) is 11.8 Å². The van der Waals surface area contributed by atoms with E-state index in [1.807, 2.05) is 0 Å². The molecule has 112 valence electrons. The fraction of sp³-hybridized carbons (Fsp3) is 0.769. The maximum absolute atomic E-state index is 13.7. The molecule has 0 bridgehead atoms. The number of morpholine rings is 1. The number of halogens is 2. The van der Waals surface area contributed by atoms with E-state index in [4.69, 9.17) is 9.84 Å². The van der Waals surface area contributed by atoms with Crippen LogP contribution in [0.1, 0.15) is 19.8 Å². The van der Waals surface area contributed by atoms with Crippen molar-refractivity contribution in [3.8, 4) is 11.8 Å². The van der Waals surface area contributed by atoms with E-state index >= 15 is 0 Å². The van der Waals surface area contributed by atoms with Crippen molar-refractivity contribution in [1.29, 1.82) is 0 Å². The summed E-state index contributed by atoms with van der Waals surface area (Å²) in [6, 6.07) is 0. The lowest BCUT2D eigenvalue weighted by atomic mass is 9.89. The number of rotatable bonds is 1. The van der Waals surface area contributed by atoms with Crippen LogP contribution in [0.2, 0.25) is 0 Å². The van der Waals surface area contributed by atoms with Crippen molar-refractivity contribution in [3.63, 3.8) is 0 Å². The molecule has 20 heavy (non-hydrogen) atoms. The number of carboxylic acid groups (broad SMARTS) is 1. The maximum Gasteiger partial charge on any atom is 0.407 e. The van der Waals surface area contributed by atoms with Gasteiger partial charge in [-0.1, -0.05) is 5.92 Å². The molecule has 0 radical (unpaired) electrons. The maximum atomic E-state index is 13.7. The van der Waals surface area contributed by atoms with Crippen molar-refractivity contribution in [1.82, 2.24) is 9.80 Å². The lowest BCUT2D eigenvalue weighted by molar-refractivity contribution is -0.335. The van der Waals surface area contributed by atoms with Gasteiger partial charge in [-0.15, -0.1) is 5.92 Å². The number of piperidine rings is 1. The summed E-state index contributed by atoms with van der Waals surface area (Å²) in [5.41, 5.74) is -0.969. The lowest BCUT2D eigenvalue weighted by Gasteiger charge is -2.48. The predicted molar refractivity (Wildman–Crippen MR) is 67.5 cm³/mol. The highest BCUT2D eigenvalue weighted by Crippen LogP contribution is 2.37. The first-order valence-corrected chi connectivity index (χ1v) is 6.54. The van der Waals surface area contributed by atoms with Gasteiger partial charge in [0.1, 0.15) is 0 Å².